The first kappa shape index (κ1) is 21.2. The van der Waals surface area contributed by atoms with Gasteiger partial charge in [-0.3, -0.25) is 0 Å². The Balaban J connectivity index is 1.51. The largest absolute Gasteiger partial charge is 0.478 e. The summed E-state index contributed by atoms with van der Waals surface area (Å²) in [6.07, 6.45) is 3.88. The zero-order valence-electron chi connectivity index (χ0n) is 17.3. The van der Waals surface area contributed by atoms with Gasteiger partial charge >= 0.3 is 5.97 Å². The van der Waals surface area contributed by atoms with Crippen molar-refractivity contribution < 1.29 is 19.0 Å². The summed E-state index contributed by atoms with van der Waals surface area (Å²) in [5.74, 6) is -0.952. The Morgan fingerprint density at radius 1 is 1.21 bits per heavy atom. The number of carbonyl (C=O) groups is 1. The molecule has 0 aliphatic carbocycles. The molecule has 3 rings (SSSR count). The van der Waals surface area contributed by atoms with Crippen molar-refractivity contribution in [3.8, 4) is 17.0 Å². The molecule has 1 aromatic heterocycles. The van der Waals surface area contributed by atoms with E-state index in [0.29, 0.717) is 34.9 Å². The summed E-state index contributed by atoms with van der Waals surface area (Å²) in [4.78, 5) is 17.8. The van der Waals surface area contributed by atoms with Crippen LogP contribution in [-0.2, 0) is 0 Å². The molecule has 29 heavy (non-hydrogen) atoms. The molecule has 2 heterocycles. The molecule has 1 aliphatic heterocycles. The van der Waals surface area contributed by atoms with Gasteiger partial charge in [0.2, 0.25) is 5.88 Å². The lowest BCUT2D eigenvalue weighted by Crippen LogP contribution is -2.40. The number of nitrogens with zero attached hydrogens (tertiary/aromatic N) is 2. The molecule has 0 bridgehead atoms. The first-order valence-corrected chi connectivity index (χ1v) is 10.1. The van der Waals surface area contributed by atoms with E-state index in [0.717, 1.165) is 32.5 Å². The average molecular weight is 400 g/mol. The standard InChI is InChI=1S/C23H29FN2O3/c1-23(2,3)15-26-10-8-16(9-11-26)14-29-21-7-5-18(13-25-21)17-4-6-19(22(27)28)20(24)12-17/h4-7,12-13,16H,8-11,14-15H2,1-3H3,(H,27,28). The monoisotopic (exact) mass is 400 g/mol. The highest BCUT2D eigenvalue weighted by atomic mass is 19.1. The fourth-order valence-electron chi connectivity index (χ4n) is 3.69. The van der Waals surface area contributed by atoms with Crippen LogP contribution in [0.4, 0.5) is 4.39 Å². The number of carboxylic acid groups (broad SMARTS) is 1. The van der Waals surface area contributed by atoms with Crippen LogP contribution >= 0.6 is 0 Å². The van der Waals surface area contributed by atoms with Crippen LogP contribution in [-0.4, -0.2) is 47.2 Å². The predicted molar refractivity (Wildman–Crippen MR) is 111 cm³/mol. The number of rotatable bonds is 6. The fraction of sp³-hybridized carbons (Fsp3) is 0.478. The number of piperidine rings is 1. The molecule has 156 valence electrons. The van der Waals surface area contributed by atoms with E-state index in [4.69, 9.17) is 9.84 Å². The molecule has 1 saturated heterocycles. The van der Waals surface area contributed by atoms with Crippen LogP contribution in [0.3, 0.4) is 0 Å². The topological polar surface area (TPSA) is 62.7 Å². The molecule has 1 aromatic carbocycles. The van der Waals surface area contributed by atoms with Gasteiger partial charge in [-0.1, -0.05) is 26.8 Å². The minimum absolute atomic E-state index is 0.325. The van der Waals surface area contributed by atoms with Gasteiger partial charge in [0.1, 0.15) is 5.82 Å². The van der Waals surface area contributed by atoms with E-state index in [1.807, 2.05) is 6.07 Å². The molecule has 0 amide bonds. The predicted octanol–water partition coefficient (Wildman–Crippen LogP) is 4.72. The molecule has 0 saturated carbocycles. The molecule has 2 aromatic rings. The lowest BCUT2D eigenvalue weighted by molar-refractivity contribution is 0.0692. The molecule has 0 unspecified atom stereocenters. The minimum Gasteiger partial charge on any atom is -0.478 e. The maximum absolute atomic E-state index is 13.9. The summed E-state index contributed by atoms with van der Waals surface area (Å²) in [6, 6.07) is 7.64. The van der Waals surface area contributed by atoms with Crippen molar-refractivity contribution >= 4 is 5.97 Å². The fourth-order valence-corrected chi connectivity index (χ4v) is 3.69. The van der Waals surface area contributed by atoms with Gasteiger partial charge in [0, 0.05) is 24.4 Å². The molecule has 1 fully saturated rings. The van der Waals surface area contributed by atoms with Gasteiger partial charge in [-0.05, 0) is 61.0 Å². The number of likely N-dealkylation sites (tertiary alicyclic amines) is 1. The normalized spacial score (nSPS) is 16.0. The van der Waals surface area contributed by atoms with Crippen molar-refractivity contribution in [1.82, 2.24) is 9.88 Å². The van der Waals surface area contributed by atoms with Crippen LogP contribution < -0.4 is 4.74 Å². The van der Waals surface area contributed by atoms with Gasteiger partial charge < -0.3 is 14.7 Å². The zero-order valence-corrected chi connectivity index (χ0v) is 17.3. The molecule has 0 spiro atoms. The van der Waals surface area contributed by atoms with Crippen LogP contribution in [0.1, 0.15) is 44.0 Å². The number of aromatic carboxylic acids is 1. The smallest absolute Gasteiger partial charge is 0.338 e. The number of pyridine rings is 1. The summed E-state index contributed by atoms with van der Waals surface area (Å²) in [5, 5.41) is 8.92. The second-order valence-electron chi connectivity index (χ2n) is 8.98. The number of ether oxygens (including phenoxy) is 1. The third-order valence-corrected chi connectivity index (χ3v) is 5.14. The van der Waals surface area contributed by atoms with Gasteiger partial charge in [-0.2, -0.15) is 0 Å². The van der Waals surface area contributed by atoms with Crippen molar-refractivity contribution in [2.24, 2.45) is 11.3 Å². The maximum atomic E-state index is 13.9. The second-order valence-corrected chi connectivity index (χ2v) is 8.98. The van der Waals surface area contributed by atoms with Crippen molar-refractivity contribution in [2.45, 2.75) is 33.6 Å². The van der Waals surface area contributed by atoms with Crippen molar-refractivity contribution in [1.29, 1.82) is 0 Å². The summed E-state index contributed by atoms with van der Waals surface area (Å²) in [5.41, 5.74) is 1.28. The van der Waals surface area contributed by atoms with Crippen molar-refractivity contribution in [3.05, 3.63) is 47.9 Å². The summed E-state index contributed by atoms with van der Waals surface area (Å²) in [6.45, 7) is 10.8. The van der Waals surface area contributed by atoms with E-state index in [9.17, 15) is 9.18 Å². The van der Waals surface area contributed by atoms with E-state index in [1.165, 1.54) is 12.1 Å². The molecule has 0 atom stereocenters. The Hall–Kier alpha value is -2.47. The van der Waals surface area contributed by atoms with Crippen LogP contribution in [0.15, 0.2) is 36.5 Å². The SMILES string of the molecule is CC(C)(C)CN1CCC(COc2ccc(-c3ccc(C(=O)O)c(F)c3)cn2)CC1. The Bertz CT molecular complexity index is 838. The van der Waals surface area contributed by atoms with Gasteiger partial charge in [-0.25, -0.2) is 14.2 Å². The van der Waals surface area contributed by atoms with Crippen LogP contribution in [0.2, 0.25) is 0 Å². The molecule has 0 radical (unpaired) electrons. The third kappa shape index (κ3) is 6.00. The molecule has 1 aliphatic rings. The van der Waals surface area contributed by atoms with Crippen LogP contribution in [0.25, 0.3) is 11.1 Å². The lowest BCUT2D eigenvalue weighted by atomic mass is 9.92. The average Bonchev–Trinajstić information content (AvgIpc) is 2.66. The Morgan fingerprint density at radius 2 is 1.90 bits per heavy atom. The minimum atomic E-state index is -1.28. The summed E-state index contributed by atoms with van der Waals surface area (Å²) < 4.78 is 19.7. The van der Waals surface area contributed by atoms with E-state index in [2.05, 4.69) is 30.7 Å². The molecule has 5 nitrogen and oxygen atoms in total. The zero-order chi connectivity index (χ0) is 21.0. The van der Waals surface area contributed by atoms with E-state index in [1.54, 1.807) is 18.3 Å². The van der Waals surface area contributed by atoms with Crippen molar-refractivity contribution in [3.63, 3.8) is 0 Å². The van der Waals surface area contributed by atoms with Gasteiger partial charge in [0.15, 0.2) is 0 Å². The highest BCUT2D eigenvalue weighted by Crippen LogP contribution is 2.25. The van der Waals surface area contributed by atoms with Gasteiger partial charge in [-0.15, -0.1) is 0 Å². The molecule has 6 heteroatoms. The molecule has 1 N–H and O–H groups in total. The third-order valence-electron chi connectivity index (χ3n) is 5.14. The molecular weight excluding hydrogens is 371 g/mol. The number of aromatic nitrogens is 1. The highest BCUT2D eigenvalue weighted by molar-refractivity contribution is 5.88. The summed E-state index contributed by atoms with van der Waals surface area (Å²) in [7, 11) is 0. The number of halogens is 1. The van der Waals surface area contributed by atoms with E-state index >= 15 is 0 Å². The highest BCUT2D eigenvalue weighted by Gasteiger charge is 2.23. The first-order valence-electron chi connectivity index (χ1n) is 10.1. The van der Waals surface area contributed by atoms with Crippen LogP contribution in [0, 0.1) is 17.2 Å². The first-order chi connectivity index (χ1) is 13.7. The maximum Gasteiger partial charge on any atom is 0.338 e. The molecular formula is C23H29FN2O3. The van der Waals surface area contributed by atoms with Crippen LogP contribution in [0.5, 0.6) is 5.88 Å². The number of carboxylic acids is 1. The lowest BCUT2D eigenvalue weighted by Gasteiger charge is -2.35. The quantitative estimate of drug-likeness (QED) is 0.760. The van der Waals surface area contributed by atoms with Gasteiger partial charge in [0.05, 0.1) is 12.2 Å². The van der Waals surface area contributed by atoms with E-state index in [-0.39, 0.29) is 5.56 Å². The summed E-state index contributed by atoms with van der Waals surface area (Å²) >= 11 is 0. The number of hydrogen-bond acceptors (Lipinski definition) is 4. The number of benzene rings is 1. The second kappa shape index (κ2) is 8.91. The Labute approximate surface area is 171 Å². The van der Waals surface area contributed by atoms with Crippen molar-refractivity contribution in [2.75, 3.05) is 26.2 Å². The Morgan fingerprint density at radius 3 is 2.45 bits per heavy atom. The Kier molecular flexibility index (Phi) is 6.52. The van der Waals surface area contributed by atoms with Gasteiger partial charge in [0.25, 0.3) is 0 Å². The van der Waals surface area contributed by atoms with E-state index < -0.39 is 11.8 Å². The number of hydrogen-bond donors (Lipinski definition) is 1.